The van der Waals surface area contributed by atoms with Crippen LogP contribution in [-0.2, 0) is 12.3 Å². The second-order valence-electron chi connectivity index (χ2n) is 4.34. The van der Waals surface area contributed by atoms with E-state index in [-0.39, 0.29) is 0 Å². The maximum atomic E-state index is 5.99. The van der Waals surface area contributed by atoms with Crippen molar-refractivity contribution in [2.24, 2.45) is 0 Å². The fourth-order valence-corrected chi connectivity index (χ4v) is 12.5. The Bertz CT molecular complexity index is 177. The lowest BCUT2D eigenvalue weighted by Gasteiger charge is -2.37. The van der Waals surface area contributed by atoms with Crippen LogP contribution in [0.1, 0.15) is 20.8 Å². The van der Waals surface area contributed by atoms with Crippen molar-refractivity contribution in [3.8, 4) is 0 Å². The number of hydrogen-bond donors (Lipinski definition) is 0. The third kappa shape index (κ3) is 6.28. The number of hydrogen-bond acceptors (Lipinski definition) is 4. The highest BCUT2D eigenvalue weighted by atomic mass is 28.5. The summed E-state index contributed by atoms with van der Waals surface area (Å²) in [5.41, 5.74) is 0. The van der Waals surface area contributed by atoms with Crippen LogP contribution < -0.4 is 0 Å². The summed E-state index contributed by atoms with van der Waals surface area (Å²) in [5, 5.41) is 0. The van der Waals surface area contributed by atoms with Gasteiger partial charge in [-0.25, -0.2) is 0 Å². The molecular weight excluding hydrogens is 254 g/mol. The van der Waals surface area contributed by atoms with E-state index in [4.69, 9.17) is 12.3 Å². The van der Waals surface area contributed by atoms with E-state index in [0.717, 1.165) is 18.1 Å². The summed E-state index contributed by atoms with van der Waals surface area (Å²) < 4.78 is 17.3. The topological polar surface area (TPSA) is 30.9 Å². The van der Waals surface area contributed by atoms with Crippen molar-refractivity contribution in [2.45, 2.75) is 38.9 Å². The molecule has 7 heteroatoms. The second-order valence-corrected chi connectivity index (χ2v) is 12.9. The molecule has 0 spiro atoms. The lowest BCUT2D eigenvalue weighted by molar-refractivity contribution is 0.275. The van der Waals surface area contributed by atoms with E-state index in [2.05, 4.69) is 20.8 Å². The van der Waals surface area contributed by atoms with Gasteiger partial charge >= 0.3 is 17.8 Å². The molecule has 0 aromatic carbocycles. The average molecular weight is 282 g/mol. The SMILES string of the molecule is CC[SiH]1O[SiH2]O[Si](CC)(CC)O1.CN(C)C. The van der Waals surface area contributed by atoms with Crippen molar-refractivity contribution in [1.82, 2.24) is 4.90 Å². The van der Waals surface area contributed by atoms with Gasteiger partial charge in [0.15, 0.2) is 0 Å². The van der Waals surface area contributed by atoms with E-state index in [1.165, 1.54) is 0 Å². The van der Waals surface area contributed by atoms with E-state index in [1.54, 1.807) is 0 Å². The molecule has 1 heterocycles. The van der Waals surface area contributed by atoms with Crippen LogP contribution in [-0.4, -0.2) is 53.9 Å². The lowest BCUT2D eigenvalue weighted by atomic mass is 10.9. The lowest BCUT2D eigenvalue weighted by Crippen LogP contribution is -2.52. The Hall–Kier alpha value is 0.491. The van der Waals surface area contributed by atoms with Crippen molar-refractivity contribution in [3.63, 3.8) is 0 Å². The summed E-state index contributed by atoms with van der Waals surface area (Å²) in [4.78, 5) is 2.00. The molecule has 1 saturated heterocycles. The van der Waals surface area contributed by atoms with Gasteiger partial charge in [0.2, 0.25) is 0 Å². The van der Waals surface area contributed by atoms with Crippen molar-refractivity contribution in [2.75, 3.05) is 21.1 Å². The molecule has 1 aliphatic heterocycles. The molecule has 1 fully saturated rings. The van der Waals surface area contributed by atoms with Gasteiger partial charge in [-0.1, -0.05) is 20.8 Å². The first-order valence-electron chi connectivity index (χ1n) is 6.04. The molecule has 1 unspecified atom stereocenters. The first kappa shape index (κ1) is 16.5. The quantitative estimate of drug-likeness (QED) is 0.721. The number of nitrogens with zero attached hydrogens (tertiary/aromatic N) is 1. The largest absolute Gasteiger partial charge is 0.422 e. The standard InChI is InChI=1S/C6H18O3Si3.C3H9N/c1-4-11-7-10-8-12(5-2,6-3)9-11;1-4(2)3/h11H,4-6,10H2,1-3H3;1-3H3. The van der Waals surface area contributed by atoms with Gasteiger partial charge in [-0.3, -0.25) is 0 Å². The highest BCUT2D eigenvalue weighted by Gasteiger charge is 2.39. The van der Waals surface area contributed by atoms with E-state index >= 15 is 0 Å². The Morgan fingerprint density at radius 2 is 1.62 bits per heavy atom. The van der Waals surface area contributed by atoms with Gasteiger partial charge in [0, 0.05) is 0 Å². The minimum atomic E-state index is -1.72. The molecule has 0 amide bonds. The minimum absolute atomic E-state index is 0.678. The Morgan fingerprint density at radius 3 is 2.00 bits per heavy atom. The molecule has 98 valence electrons. The van der Waals surface area contributed by atoms with Gasteiger partial charge in [-0.2, -0.15) is 0 Å². The molecule has 0 aromatic rings. The van der Waals surface area contributed by atoms with Gasteiger partial charge < -0.3 is 17.2 Å². The predicted octanol–water partition coefficient (Wildman–Crippen LogP) is 0.949. The highest BCUT2D eigenvalue weighted by Crippen LogP contribution is 2.23. The van der Waals surface area contributed by atoms with E-state index < -0.39 is 27.9 Å². The van der Waals surface area contributed by atoms with Crippen LogP contribution in [0.5, 0.6) is 0 Å². The smallest absolute Gasteiger partial charge is 0.319 e. The molecule has 0 bridgehead atoms. The summed E-state index contributed by atoms with van der Waals surface area (Å²) in [6.45, 7) is 6.51. The van der Waals surface area contributed by atoms with E-state index in [1.807, 2.05) is 26.0 Å². The fourth-order valence-electron chi connectivity index (χ4n) is 1.35. The van der Waals surface area contributed by atoms with Crippen LogP contribution in [0.15, 0.2) is 0 Å². The molecule has 0 aliphatic carbocycles. The Balaban J connectivity index is 0.000000487. The summed E-state index contributed by atoms with van der Waals surface area (Å²) >= 11 is 0. The maximum Gasteiger partial charge on any atom is 0.319 e. The molecule has 16 heavy (non-hydrogen) atoms. The number of rotatable bonds is 3. The van der Waals surface area contributed by atoms with Crippen molar-refractivity contribution in [3.05, 3.63) is 0 Å². The zero-order valence-corrected chi connectivity index (χ0v) is 15.1. The van der Waals surface area contributed by atoms with Crippen LogP contribution >= 0.6 is 0 Å². The minimum Gasteiger partial charge on any atom is -0.422 e. The highest BCUT2D eigenvalue weighted by molar-refractivity contribution is 6.80. The first-order valence-corrected chi connectivity index (χ1v) is 11.2. The third-order valence-electron chi connectivity index (χ3n) is 2.33. The summed E-state index contributed by atoms with van der Waals surface area (Å²) in [7, 11) is 2.34. The van der Waals surface area contributed by atoms with Crippen molar-refractivity contribution >= 4 is 27.9 Å². The second kappa shape index (κ2) is 8.56. The van der Waals surface area contributed by atoms with Gasteiger partial charge in [0.25, 0.3) is 10.0 Å². The van der Waals surface area contributed by atoms with Crippen LogP contribution in [0.3, 0.4) is 0 Å². The fraction of sp³-hybridized carbons (Fsp3) is 1.00. The summed E-state index contributed by atoms with van der Waals surface area (Å²) in [6, 6.07) is 3.26. The molecule has 1 aliphatic rings. The van der Waals surface area contributed by atoms with E-state index in [9.17, 15) is 0 Å². The Kier molecular flexibility index (Phi) is 8.82. The molecule has 4 nitrogen and oxygen atoms in total. The molecule has 1 atom stereocenters. The zero-order chi connectivity index (χ0) is 12.6. The predicted molar refractivity (Wildman–Crippen MR) is 75.8 cm³/mol. The molecule has 0 radical (unpaired) electrons. The molecular formula is C9H27NO3Si3. The van der Waals surface area contributed by atoms with Crippen LogP contribution in [0, 0.1) is 0 Å². The van der Waals surface area contributed by atoms with Crippen molar-refractivity contribution in [1.29, 1.82) is 0 Å². The molecule has 0 saturated carbocycles. The Labute approximate surface area is 105 Å². The van der Waals surface area contributed by atoms with Gasteiger partial charge in [0.1, 0.15) is 0 Å². The molecule has 0 aromatic heterocycles. The zero-order valence-electron chi connectivity index (χ0n) is 11.6. The van der Waals surface area contributed by atoms with Gasteiger partial charge in [-0.05, 0) is 39.3 Å². The van der Waals surface area contributed by atoms with Crippen LogP contribution in [0.4, 0.5) is 0 Å². The van der Waals surface area contributed by atoms with Gasteiger partial charge in [-0.15, -0.1) is 0 Å². The average Bonchev–Trinajstić information content (AvgIpc) is 2.28. The van der Waals surface area contributed by atoms with Crippen LogP contribution in [0.2, 0.25) is 18.1 Å². The maximum absolute atomic E-state index is 5.99. The third-order valence-corrected chi connectivity index (χ3v) is 12.5. The van der Waals surface area contributed by atoms with E-state index in [0.29, 0.717) is 0 Å². The monoisotopic (exact) mass is 281 g/mol. The van der Waals surface area contributed by atoms with Crippen molar-refractivity contribution < 1.29 is 12.3 Å². The molecule has 0 N–H and O–H groups in total. The first-order chi connectivity index (χ1) is 7.49. The summed E-state index contributed by atoms with van der Waals surface area (Å²) in [5.74, 6) is 0. The molecule has 1 rings (SSSR count). The Morgan fingerprint density at radius 1 is 1.12 bits per heavy atom. The normalized spacial score (nSPS) is 25.3. The summed E-state index contributed by atoms with van der Waals surface area (Å²) in [6.07, 6.45) is 0. The van der Waals surface area contributed by atoms with Gasteiger partial charge in [0.05, 0.1) is 0 Å². The van der Waals surface area contributed by atoms with Crippen LogP contribution in [0.25, 0.3) is 0 Å².